The topological polar surface area (TPSA) is 104 Å². The maximum atomic E-state index is 13.2. The van der Waals surface area contributed by atoms with E-state index in [9.17, 15) is 9.59 Å². The number of fused-ring (bicyclic) bond motifs is 1. The minimum absolute atomic E-state index is 0.240. The zero-order chi connectivity index (χ0) is 20.9. The Morgan fingerprint density at radius 3 is 2.63 bits per heavy atom. The fraction of sp³-hybridized carbons (Fsp3) is 0.227. The zero-order valence-electron chi connectivity index (χ0n) is 16.2. The van der Waals surface area contributed by atoms with Crippen LogP contribution in [0.4, 0.5) is 10.5 Å². The summed E-state index contributed by atoms with van der Waals surface area (Å²) in [5.74, 6) is -0.436. The van der Waals surface area contributed by atoms with Gasteiger partial charge in [-0.25, -0.2) is 10.3 Å². The predicted molar refractivity (Wildman–Crippen MR) is 109 cm³/mol. The fourth-order valence-electron chi connectivity index (χ4n) is 3.62. The van der Waals surface area contributed by atoms with Crippen LogP contribution in [0.25, 0.3) is 0 Å². The Balaban J connectivity index is 1.63. The lowest BCUT2D eigenvalue weighted by Gasteiger charge is -2.29. The monoisotopic (exact) mass is 406 g/mol. The molecule has 30 heavy (non-hydrogen) atoms. The molecule has 154 valence electrons. The van der Waals surface area contributed by atoms with Crippen LogP contribution in [0.3, 0.4) is 0 Å². The largest absolute Gasteiger partial charge is 0.491 e. The quantitative estimate of drug-likeness (QED) is 0.537. The van der Waals surface area contributed by atoms with Gasteiger partial charge in [-0.05, 0) is 30.2 Å². The van der Waals surface area contributed by atoms with Crippen molar-refractivity contribution < 1.29 is 19.5 Å². The Morgan fingerprint density at radius 1 is 1.13 bits per heavy atom. The van der Waals surface area contributed by atoms with Crippen LogP contribution in [-0.4, -0.2) is 40.2 Å². The van der Waals surface area contributed by atoms with Gasteiger partial charge in [-0.3, -0.25) is 15.0 Å². The van der Waals surface area contributed by atoms with E-state index in [0.717, 1.165) is 11.1 Å². The molecular formula is C22H22N4O4. The molecule has 8 heteroatoms. The van der Waals surface area contributed by atoms with Crippen LogP contribution in [0, 0.1) is 5.92 Å². The van der Waals surface area contributed by atoms with Gasteiger partial charge in [-0.15, -0.1) is 0 Å². The molecule has 4 rings (SSSR count). The first-order valence-corrected chi connectivity index (χ1v) is 9.66. The number of carbonyl (C=O) groups is 2. The van der Waals surface area contributed by atoms with E-state index in [1.54, 1.807) is 41.0 Å². The second-order valence-electron chi connectivity index (χ2n) is 7.11. The summed E-state index contributed by atoms with van der Waals surface area (Å²) >= 11 is 0. The number of anilines is 1. The number of pyridine rings is 1. The summed E-state index contributed by atoms with van der Waals surface area (Å²) in [6, 6.07) is 12.6. The van der Waals surface area contributed by atoms with Gasteiger partial charge >= 0.3 is 6.03 Å². The van der Waals surface area contributed by atoms with Crippen molar-refractivity contribution >= 4 is 17.6 Å². The number of hydrogen-bond acceptors (Lipinski definition) is 5. The van der Waals surface area contributed by atoms with E-state index in [4.69, 9.17) is 9.94 Å². The smallest absolute Gasteiger partial charge is 0.322 e. The molecule has 1 unspecified atom stereocenters. The molecule has 3 N–H and O–H groups in total. The fourth-order valence-corrected chi connectivity index (χ4v) is 3.62. The molecule has 1 aliphatic heterocycles. The number of nitrogens with one attached hydrogen (secondary N) is 2. The van der Waals surface area contributed by atoms with Crippen molar-refractivity contribution in [2.75, 3.05) is 18.5 Å². The van der Waals surface area contributed by atoms with Crippen molar-refractivity contribution in [3.05, 3.63) is 83.9 Å². The van der Waals surface area contributed by atoms with Gasteiger partial charge in [0.2, 0.25) is 0 Å². The highest BCUT2D eigenvalue weighted by molar-refractivity contribution is 5.90. The molecule has 1 saturated heterocycles. The number of rotatable bonds is 3. The minimum atomic E-state index is -0.513. The first kappa shape index (κ1) is 19.7. The van der Waals surface area contributed by atoms with Crippen molar-refractivity contribution in [1.82, 2.24) is 15.4 Å². The van der Waals surface area contributed by atoms with Crippen LogP contribution in [0.1, 0.15) is 18.0 Å². The highest BCUT2D eigenvalue weighted by Crippen LogP contribution is 2.33. The molecule has 8 nitrogen and oxygen atoms in total. The average molecular weight is 406 g/mol. The third-order valence-electron chi connectivity index (χ3n) is 5.22. The maximum Gasteiger partial charge on any atom is 0.322 e. The van der Waals surface area contributed by atoms with Gasteiger partial charge in [0.1, 0.15) is 12.4 Å². The Hall–Kier alpha value is -3.65. The number of aromatic nitrogens is 1. The van der Waals surface area contributed by atoms with Crippen LogP contribution >= 0.6 is 0 Å². The summed E-state index contributed by atoms with van der Waals surface area (Å²) in [6.07, 6.45) is 7.24. The van der Waals surface area contributed by atoms with E-state index in [0.29, 0.717) is 24.4 Å². The van der Waals surface area contributed by atoms with Crippen molar-refractivity contribution in [2.24, 2.45) is 5.92 Å². The Kier molecular flexibility index (Phi) is 5.76. The summed E-state index contributed by atoms with van der Waals surface area (Å²) in [5.41, 5.74) is 4.12. The Morgan fingerprint density at radius 2 is 1.90 bits per heavy atom. The maximum absolute atomic E-state index is 13.2. The number of urea groups is 1. The lowest BCUT2D eigenvalue weighted by Crippen LogP contribution is -2.40. The van der Waals surface area contributed by atoms with Crippen LogP contribution < -0.4 is 10.8 Å². The molecule has 3 amide bonds. The third kappa shape index (κ3) is 4.18. The molecule has 1 aromatic carbocycles. The number of amides is 3. The van der Waals surface area contributed by atoms with E-state index < -0.39 is 11.8 Å². The van der Waals surface area contributed by atoms with E-state index in [1.807, 2.05) is 36.4 Å². The van der Waals surface area contributed by atoms with Gasteiger partial charge in [0, 0.05) is 23.7 Å². The lowest BCUT2D eigenvalue weighted by atomic mass is 9.94. The van der Waals surface area contributed by atoms with Gasteiger partial charge in [0.05, 0.1) is 18.5 Å². The normalized spacial score (nSPS) is 20.6. The van der Waals surface area contributed by atoms with Crippen molar-refractivity contribution in [3.63, 3.8) is 0 Å². The van der Waals surface area contributed by atoms with Crippen LogP contribution in [0.5, 0.6) is 0 Å². The lowest BCUT2D eigenvalue weighted by molar-refractivity contribution is -0.131. The Bertz CT molecular complexity index is 975. The molecule has 1 aromatic heterocycles. The van der Waals surface area contributed by atoms with Crippen LogP contribution in [-0.2, 0) is 9.53 Å². The SMILES string of the molecule is O=C(NO)C1C=C2OC[C@H](c3ccccc3)N(C(=O)Nc3ccncc3)CC2=CC1. The number of benzene rings is 1. The van der Waals surface area contributed by atoms with E-state index in [-0.39, 0.29) is 18.7 Å². The second-order valence-corrected chi connectivity index (χ2v) is 7.11. The molecule has 1 fully saturated rings. The van der Waals surface area contributed by atoms with Gasteiger partial charge in [-0.2, -0.15) is 0 Å². The molecule has 1 aliphatic carbocycles. The highest BCUT2D eigenvalue weighted by Gasteiger charge is 2.33. The molecule has 0 spiro atoms. The number of ether oxygens (including phenoxy) is 1. The average Bonchev–Trinajstić information content (AvgIpc) is 2.99. The number of allylic oxidation sites excluding steroid dienone is 1. The first-order valence-electron chi connectivity index (χ1n) is 9.66. The summed E-state index contributed by atoms with van der Waals surface area (Å²) in [4.78, 5) is 30.7. The number of hydrogen-bond donors (Lipinski definition) is 3. The second kappa shape index (κ2) is 8.79. The highest BCUT2D eigenvalue weighted by atomic mass is 16.5. The first-order chi connectivity index (χ1) is 14.7. The van der Waals surface area contributed by atoms with E-state index in [1.165, 1.54) is 0 Å². The minimum Gasteiger partial charge on any atom is -0.491 e. The summed E-state index contributed by atoms with van der Waals surface area (Å²) in [7, 11) is 0. The Labute approximate surface area is 173 Å². The molecule has 0 saturated carbocycles. The molecule has 2 aliphatic rings. The van der Waals surface area contributed by atoms with Crippen molar-refractivity contribution in [2.45, 2.75) is 12.5 Å². The van der Waals surface area contributed by atoms with Gasteiger partial charge in [-0.1, -0.05) is 36.4 Å². The third-order valence-corrected chi connectivity index (χ3v) is 5.22. The standard InChI is InChI=1S/C22H22N4O4/c27-21(25-29)16-6-7-17-13-26(22(28)24-18-8-10-23-11-9-18)19(14-30-20(17)12-16)15-4-2-1-3-5-15/h1-5,7-12,16,19,29H,6,13-14H2,(H,25,27)(H,23,24,28)/t16?,19-/m1/s1. The molecular weight excluding hydrogens is 384 g/mol. The van der Waals surface area contributed by atoms with Gasteiger partial charge < -0.3 is 15.0 Å². The number of carbonyl (C=O) groups excluding carboxylic acids is 2. The van der Waals surface area contributed by atoms with E-state index >= 15 is 0 Å². The number of hydroxylamine groups is 1. The predicted octanol–water partition coefficient (Wildman–Crippen LogP) is 3.02. The van der Waals surface area contributed by atoms with Gasteiger partial charge in [0.25, 0.3) is 5.91 Å². The molecule has 0 bridgehead atoms. The van der Waals surface area contributed by atoms with Crippen LogP contribution in [0.2, 0.25) is 0 Å². The molecule has 0 radical (unpaired) electrons. The summed E-state index contributed by atoms with van der Waals surface area (Å²) in [5, 5.41) is 11.8. The van der Waals surface area contributed by atoms with Crippen LogP contribution in [0.15, 0.2) is 78.3 Å². The van der Waals surface area contributed by atoms with Crippen molar-refractivity contribution in [1.29, 1.82) is 0 Å². The van der Waals surface area contributed by atoms with Gasteiger partial charge in [0.15, 0.2) is 0 Å². The van der Waals surface area contributed by atoms with E-state index in [2.05, 4.69) is 10.3 Å². The molecule has 2 aromatic rings. The summed E-state index contributed by atoms with van der Waals surface area (Å²) < 4.78 is 6.03. The summed E-state index contributed by atoms with van der Waals surface area (Å²) in [6.45, 7) is 0.570. The van der Waals surface area contributed by atoms with Crippen molar-refractivity contribution in [3.8, 4) is 0 Å². The number of nitrogens with zero attached hydrogens (tertiary/aromatic N) is 2. The zero-order valence-corrected chi connectivity index (χ0v) is 16.2. The molecule has 2 atom stereocenters. The molecule has 2 heterocycles.